The van der Waals surface area contributed by atoms with Crippen LogP contribution in [0.3, 0.4) is 0 Å². The zero-order chi connectivity index (χ0) is 13.9. The third-order valence-corrected chi connectivity index (χ3v) is 3.55. The predicted octanol–water partition coefficient (Wildman–Crippen LogP) is 0.699. The number of carbonyl (C=O) groups is 1. The highest BCUT2D eigenvalue weighted by atomic mass is 16.5. The standard InChI is InChI=1S/C13H20N4O2/c1-13(5-8-17(2)9-6-13)16-12(18)11-14-7-4-10(15-11)19-3/h4,7H,5-6,8-9H2,1-3H3,(H,16,18). The highest BCUT2D eigenvalue weighted by molar-refractivity contribution is 5.91. The van der Waals surface area contributed by atoms with E-state index in [9.17, 15) is 4.79 Å². The molecule has 0 aromatic carbocycles. The number of amides is 1. The Hall–Kier alpha value is -1.69. The Morgan fingerprint density at radius 1 is 1.47 bits per heavy atom. The molecule has 2 heterocycles. The van der Waals surface area contributed by atoms with Crippen LogP contribution in [0.25, 0.3) is 0 Å². The number of likely N-dealkylation sites (tertiary alicyclic amines) is 1. The van der Waals surface area contributed by atoms with Crippen molar-refractivity contribution < 1.29 is 9.53 Å². The molecular weight excluding hydrogens is 244 g/mol. The normalized spacial score (nSPS) is 18.9. The molecule has 1 amide bonds. The maximum absolute atomic E-state index is 12.2. The van der Waals surface area contributed by atoms with Crippen LogP contribution in [0.4, 0.5) is 0 Å². The molecule has 6 heteroatoms. The van der Waals surface area contributed by atoms with E-state index in [0.717, 1.165) is 25.9 Å². The summed E-state index contributed by atoms with van der Waals surface area (Å²) in [4.78, 5) is 22.5. The lowest BCUT2D eigenvalue weighted by molar-refractivity contribution is 0.0840. The maximum Gasteiger partial charge on any atom is 0.289 e. The van der Waals surface area contributed by atoms with Crippen LogP contribution in [0, 0.1) is 0 Å². The smallest absolute Gasteiger partial charge is 0.289 e. The molecule has 0 unspecified atom stereocenters. The number of hydrogen-bond acceptors (Lipinski definition) is 5. The summed E-state index contributed by atoms with van der Waals surface area (Å²) in [6.45, 7) is 4.03. The lowest BCUT2D eigenvalue weighted by Crippen LogP contribution is -2.52. The molecule has 0 saturated carbocycles. The number of methoxy groups -OCH3 is 1. The van der Waals surface area contributed by atoms with E-state index in [1.54, 1.807) is 6.07 Å². The van der Waals surface area contributed by atoms with Crippen molar-refractivity contribution in [2.75, 3.05) is 27.2 Å². The average molecular weight is 264 g/mol. The fourth-order valence-electron chi connectivity index (χ4n) is 2.13. The third kappa shape index (κ3) is 3.41. The van der Waals surface area contributed by atoms with Crippen molar-refractivity contribution in [1.82, 2.24) is 20.2 Å². The van der Waals surface area contributed by atoms with Gasteiger partial charge < -0.3 is 15.0 Å². The number of aromatic nitrogens is 2. The van der Waals surface area contributed by atoms with Gasteiger partial charge in [0.1, 0.15) is 0 Å². The molecule has 19 heavy (non-hydrogen) atoms. The zero-order valence-electron chi connectivity index (χ0n) is 11.6. The van der Waals surface area contributed by atoms with Crippen molar-refractivity contribution in [1.29, 1.82) is 0 Å². The highest BCUT2D eigenvalue weighted by Crippen LogP contribution is 2.21. The summed E-state index contributed by atoms with van der Waals surface area (Å²) >= 11 is 0. The largest absolute Gasteiger partial charge is 0.481 e. The van der Waals surface area contributed by atoms with E-state index in [-0.39, 0.29) is 17.3 Å². The van der Waals surface area contributed by atoms with Crippen molar-refractivity contribution in [3.63, 3.8) is 0 Å². The van der Waals surface area contributed by atoms with Crippen molar-refractivity contribution >= 4 is 5.91 Å². The van der Waals surface area contributed by atoms with Gasteiger partial charge in [-0.25, -0.2) is 4.98 Å². The van der Waals surface area contributed by atoms with E-state index < -0.39 is 0 Å². The molecule has 0 radical (unpaired) electrons. The van der Waals surface area contributed by atoms with Crippen molar-refractivity contribution in [3.8, 4) is 5.88 Å². The quantitative estimate of drug-likeness (QED) is 0.870. The summed E-state index contributed by atoms with van der Waals surface area (Å²) < 4.78 is 5.00. The molecule has 6 nitrogen and oxygen atoms in total. The number of nitrogens with zero attached hydrogens (tertiary/aromatic N) is 3. The molecular formula is C13H20N4O2. The maximum atomic E-state index is 12.2. The van der Waals surface area contributed by atoms with Crippen LogP contribution in [0.2, 0.25) is 0 Å². The zero-order valence-corrected chi connectivity index (χ0v) is 11.6. The second-order valence-corrected chi connectivity index (χ2v) is 5.24. The molecule has 1 aliphatic heterocycles. The minimum absolute atomic E-state index is 0.152. The summed E-state index contributed by atoms with van der Waals surface area (Å²) in [5, 5.41) is 3.04. The van der Waals surface area contributed by atoms with Gasteiger partial charge in [0.2, 0.25) is 11.7 Å². The molecule has 0 spiro atoms. The van der Waals surface area contributed by atoms with Gasteiger partial charge in [-0.05, 0) is 26.8 Å². The van der Waals surface area contributed by atoms with Crippen molar-refractivity contribution in [2.45, 2.75) is 25.3 Å². The second-order valence-electron chi connectivity index (χ2n) is 5.24. The fourth-order valence-corrected chi connectivity index (χ4v) is 2.13. The van der Waals surface area contributed by atoms with Crippen LogP contribution in [-0.4, -0.2) is 53.6 Å². The Labute approximate surface area is 113 Å². The lowest BCUT2D eigenvalue weighted by Gasteiger charge is -2.38. The summed E-state index contributed by atoms with van der Waals surface area (Å²) in [5.74, 6) is 0.305. The van der Waals surface area contributed by atoms with Crippen molar-refractivity contribution in [3.05, 3.63) is 18.1 Å². The van der Waals surface area contributed by atoms with Crippen LogP contribution in [0.15, 0.2) is 12.3 Å². The Morgan fingerprint density at radius 2 is 2.16 bits per heavy atom. The number of carbonyl (C=O) groups excluding carboxylic acids is 1. The fraction of sp³-hybridized carbons (Fsp3) is 0.615. The first kappa shape index (κ1) is 13.7. The van der Waals surface area contributed by atoms with Crippen LogP contribution in [0.1, 0.15) is 30.4 Å². The summed E-state index contributed by atoms with van der Waals surface area (Å²) in [6.07, 6.45) is 3.39. The van der Waals surface area contributed by atoms with Gasteiger partial charge in [0.15, 0.2) is 0 Å². The van der Waals surface area contributed by atoms with Crippen LogP contribution >= 0.6 is 0 Å². The molecule has 1 fully saturated rings. The molecule has 1 N–H and O–H groups in total. The number of ether oxygens (including phenoxy) is 1. The first-order valence-corrected chi connectivity index (χ1v) is 6.40. The van der Waals surface area contributed by atoms with Gasteiger partial charge in [0.25, 0.3) is 5.91 Å². The van der Waals surface area contributed by atoms with Crippen LogP contribution in [0.5, 0.6) is 5.88 Å². The number of hydrogen-bond donors (Lipinski definition) is 1. The van der Waals surface area contributed by atoms with Crippen LogP contribution < -0.4 is 10.1 Å². The van der Waals surface area contributed by atoms with Gasteiger partial charge in [-0.15, -0.1) is 0 Å². The molecule has 1 aromatic rings. The number of piperidine rings is 1. The van der Waals surface area contributed by atoms with E-state index in [1.807, 2.05) is 0 Å². The molecule has 1 aromatic heterocycles. The van der Waals surface area contributed by atoms with Crippen molar-refractivity contribution in [2.24, 2.45) is 0 Å². The van der Waals surface area contributed by atoms with Gasteiger partial charge in [0.05, 0.1) is 7.11 Å². The molecule has 1 aliphatic rings. The highest BCUT2D eigenvalue weighted by Gasteiger charge is 2.31. The van der Waals surface area contributed by atoms with E-state index in [4.69, 9.17) is 4.74 Å². The summed E-state index contributed by atoms with van der Waals surface area (Å²) in [5.41, 5.74) is -0.184. The minimum Gasteiger partial charge on any atom is -0.481 e. The SMILES string of the molecule is COc1ccnc(C(=O)NC2(C)CCN(C)CC2)n1. The Bertz CT molecular complexity index is 456. The first-order chi connectivity index (χ1) is 9.02. The van der Waals surface area contributed by atoms with Gasteiger partial charge in [0, 0.05) is 30.9 Å². The Morgan fingerprint density at radius 3 is 2.79 bits per heavy atom. The lowest BCUT2D eigenvalue weighted by atomic mass is 9.90. The minimum atomic E-state index is -0.244. The third-order valence-electron chi connectivity index (χ3n) is 3.55. The van der Waals surface area contributed by atoms with E-state index >= 15 is 0 Å². The molecule has 104 valence electrons. The van der Waals surface area contributed by atoms with Gasteiger partial charge >= 0.3 is 0 Å². The number of nitrogens with one attached hydrogen (secondary N) is 1. The van der Waals surface area contributed by atoms with E-state index in [0.29, 0.717) is 5.88 Å². The number of rotatable bonds is 3. The molecule has 2 rings (SSSR count). The second kappa shape index (κ2) is 5.52. The summed E-state index contributed by atoms with van der Waals surface area (Å²) in [7, 11) is 3.61. The van der Waals surface area contributed by atoms with Gasteiger partial charge in [-0.3, -0.25) is 4.79 Å². The molecule has 0 bridgehead atoms. The van der Waals surface area contributed by atoms with E-state index in [1.165, 1.54) is 13.3 Å². The molecule has 1 saturated heterocycles. The summed E-state index contributed by atoms with van der Waals surface area (Å²) in [6, 6.07) is 1.62. The Balaban J connectivity index is 2.04. The van der Waals surface area contributed by atoms with E-state index in [2.05, 4.69) is 34.2 Å². The van der Waals surface area contributed by atoms with Gasteiger partial charge in [-0.1, -0.05) is 0 Å². The first-order valence-electron chi connectivity index (χ1n) is 6.40. The predicted molar refractivity (Wildman–Crippen MR) is 71.2 cm³/mol. The monoisotopic (exact) mass is 264 g/mol. The average Bonchev–Trinajstić information content (AvgIpc) is 2.42. The molecule has 0 atom stereocenters. The Kier molecular flexibility index (Phi) is 3.99. The van der Waals surface area contributed by atoms with Crippen LogP contribution in [-0.2, 0) is 0 Å². The topological polar surface area (TPSA) is 67.3 Å². The molecule has 0 aliphatic carbocycles. The van der Waals surface area contributed by atoms with Gasteiger partial charge in [-0.2, -0.15) is 4.98 Å².